The Balaban J connectivity index is 2.69. The van der Waals surface area contributed by atoms with Crippen LogP contribution in [-0.4, -0.2) is 17.1 Å². The predicted octanol–water partition coefficient (Wildman–Crippen LogP) is 2.58. The maximum absolute atomic E-state index is 13.1. The standard InChI is InChI=1S/C14H12F3NO3/c1-2-21-12(20)8-18-7-6-11(19)9-4-3-5-10(13(9)18)14(15,16)17/h3-7H,2,8H2,1H3. The maximum Gasteiger partial charge on any atom is 0.418 e. The molecule has 2 rings (SSSR count). The Hall–Kier alpha value is -2.31. The molecule has 0 atom stereocenters. The van der Waals surface area contributed by atoms with Crippen LogP contribution < -0.4 is 5.43 Å². The lowest BCUT2D eigenvalue weighted by Crippen LogP contribution is -2.19. The third kappa shape index (κ3) is 3.07. The molecule has 0 saturated carbocycles. The number of halogens is 3. The zero-order chi connectivity index (χ0) is 15.6. The van der Waals surface area contributed by atoms with Crippen LogP contribution in [0.15, 0.2) is 35.3 Å². The van der Waals surface area contributed by atoms with Gasteiger partial charge >= 0.3 is 12.1 Å². The number of fused-ring (bicyclic) bond motifs is 1. The Labute approximate surface area is 117 Å². The Morgan fingerprint density at radius 3 is 2.62 bits per heavy atom. The first-order valence-corrected chi connectivity index (χ1v) is 6.19. The lowest BCUT2D eigenvalue weighted by Gasteiger charge is -2.15. The van der Waals surface area contributed by atoms with E-state index < -0.39 is 29.7 Å². The summed E-state index contributed by atoms with van der Waals surface area (Å²) in [6.45, 7) is 1.34. The number of nitrogens with zero attached hydrogens (tertiary/aromatic N) is 1. The summed E-state index contributed by atoms with van der Waals surface area (Å²) in [6.07, 6.45) is -3.46. The summed E-state index contributed by atoms with van der Waals surface area (Å²) in [7, 11) is 0. The van der Waals surface area contributed by atoms with Gasteiger partial charge in [-0.1, -0.05) is 6.07 Å². The van der Waals surface area contributed by atoms with Gasteiger partial charge in [-0.3, -0.25) is 9.59 Å². The van der Waals surface area contributed by atoms with E-state index in [9.17, 15) is 22.8 Å². The van der Waals surface area contributed by atoms with Crippen LogP contribution in [0.5, 0.6) is 0 Å². The van der Waals surface area contributed by atoms with E-state index >= 15 is 0 Å². The highest BCUT2D eigenvalue weighted by atomic mass is 19.4. The van der Waals surface area contributed by atoms with Crippen LogP contribution in [0.25, 0.3) is 10.9 Å². The van der Waals surface area contributed by atoms with Crippen molar-refractivity contribution in [2.75, 3.05) is 6.61 Å². The molecule has 1 aromatic heterocycles. The number of alkyl halides is 3. The highest BCUT2D eigenvalue weighted by Crippen LogP contribution is 2.33. The molecule has 0 unspecified atom stereocenters. The molecule has 4 nitrogen and oxygen atoms in total. The van der Waals surface area contributed by atoms with Gasteiger partial charge in [0.25, 0.3) is 0 Å². The summed E-state index contributed by atoms with van der Waals surface area (Å²) in [4.78, 5) is 23.2. The van der Waals surface area contributed by atoms with Gasteiger partial charge in [-0.2, -0.15) is 13.2 Å². The minimum absolute atomic E-state index is 0.0865. The smallest absolute Gasteiger partial charge is 0.418 e. The molecule has 0 fully saturated rings. The van der Waals surface area contributed by atoms with Crippen LogP contribution in [0.2, 0.25) is 0 Å². The molecule has 1 heterocycles. The van der Waals surface area contributed by atoms with Gasteiger partial charge in [-0.05, 0) is 19.1 Å². The summed E-state index contributed by atoms with van der Waals surface area (Å²) in [5, 5.41) is -0.0865. The number of ether oxygens (including phenoxy) is 1. The number of hydrogen-bond donors (Lipinski definition) is 0. The van der Waals surface area contributed by atoms with E-state index in [4.69, 9.17) is 4.74 Å². The van der Waals surface area contributed by atoms with Crippen molar-refractivity contribution in [2.45, 2.75) is 19.6 Å². The van der Waals surface area contributed by atoms with Gasteiger partial charge < -0.3 is 9.30 Å². The number of carbonyl (C=O) groups is 1. The van der Waals surface area contributed by atoms with E-state index in [1.54, 1.807) is 6.92 Å². The molecule has 0 aliphatic heterocycles. The largest absolute Gasteiger partial charge is 0.465 e. The number of carbonyl (C=O) groups excluding carboxylic acids is 1. The van der Waals surface area contributed by atoms with Crippen molar-refractivity contribution in [1.29, 1.82) is 0 Å². The first-order valence-electron chi connectivity index (χ1n) is 6.19. The predicted molar refractivity (Wildman–Crippen MR) is 69.8 cm³/mol. The molecular weight excluding hydrogens is 287 g/mol. The molecule has 0 amide bonds. The average molecular weight is 299 g/mol. The van der Waals surface area contributed by atoms with Gasteiger partial charge in [0.1, 0.15) is 6.54 Å². The second-order valence-electron chi connectivity index (χ2n) is 4.31. The summed E-state index contributed by atoms with van der Waals surface area (Å²) in [6, 6.07) is 4.47. The number of benzene rings is 1. The normalized spacial score (nSPS) is 11.6. The van der Waals surface area contributed by atoms with Crippen molar-refractivity contribution in [3.63, 3.8) is 0 Å². The summed E-state index contributed by atoms with van der Waals surface area (Å²) in [5.41, 5.74) is -1.80. The van der Waals surface area contributed by atoms with Gasteiger partial charge in [-0.25, -0.2) is 0 Å². The van der Waals surface area contributed by atoms with Crippen LogP contribution in [-0.2, 0) is 22.3 Å². The minimum atomic E-state index is -4.62. The molecular formula is C14H12F3NO3. The third-order valence-corrected chi connectivity index (χ3v) is 2.90. The van der Waals surface area contributed by atoms with Crippen molar-refractivity contribution in [1.82, 2.24) is 4.57 Å². The first kappa shape index (κ1) is 15.1. The molecule has 0 aliphatic carbocycles. The fraction of sp³-hybridized carbons (Fsp3) is 0.286. The Morgan fingerprint density at radius 2 is 2.00 bits per heavy atom. The number of esters is 1. The van der Waals surface area contributed by atoms with Crippen molar-refractivity contribution in [3.8, 4) is 0 Å². The molecule has 7 heteroatoms. The molecule has 21 heavy (non-hydrogen) atoms. The third-order valence-electron chi connectivity index (χ3n) is 2.90. The molecule has 0 N–H and O–H groups in total. The minimum Gasteiger partial charge on any atom is -0.465 e. The molecule has 0 saturated heterocycles. The van der Waals surface area contributed by atoms with E-state index in [2.05, 4.69) is 0 Å². The second-order valence-corrected chi connectivity index (χ2v) is 4.31. The molecule has 112 valence electrons. The Morgan fingerprint density at radius 1 is 1.29 bits per heavy atom. The number of aromatic nitrogens is 1. The number of para-hydroxylation sites is 1. The molecule has 2 aromatic rings. The van der Waals surface area contributed by atoms with Crippen LogP contribution in [0, 0.1) is 0 Å². The molecule has 0 aliphatic rings. The topological polar surface area (TPSA) is 48.3 Å². The van der Waals surface area contributed by atoms with Crippen molar-refractivity contribution in [2.24, 2.45) is 0 Å². The quantitative estimate of drug-likeness (QED) is 0.818. The van der Waals surface area contributed by atoms with E-state index in [0.717, 1.165) is 22.9 Å². The summed E-state index contributed by atoms with van der Waals surface area (Å²) < 4.78 is 45.1. The monoisotopic (exact) mass is 299 g/mol. The number of pyridine rings is 1. The van der Waals surface area contributed by atoms with E-state index in [1.165, 1.54) is 12.1 Å². The highest BCUT2D eigenvalue weighted by molar-refractivity contribution is 5.84. The van der Waals surface area contributed by atoms with Gasteiger partial charge in [-0.15, -0.1) is 0 Å². The number of rotatable bonds is 3. The van der Waals surface area contributed by atoms with Gasteiger partial charge in [0.15, 0.2) is 5.43 Å². The van der Waals surface area contributed by atoms with Crippen molar-refractivity contribution in [3.05, 3.63) is 46.2 Å². The average Bonchev–Trinajstić information content (AvgIpc) is 2.41. The summed E-state index contributed by atoms with van der Waals surface area (Å²) >= 11 is 0. The van der Waals surface area contributed by atoms with Gasteiger partial charge in [0.05, 0.1) is 17.7 Å². The summed E-state index contributed by atoms with van der Waals surface area (Å²) in [5.74, 6) is -0.667. The number of hydrogen-bond acceptors (Lipinski definition) is 3. The molecule has 1 aromatic carbocycles. The fourth-order valence-electron chi connectivity index (χ4n) is 2.08. The molecule has 0 bridgehead atoms. The fourth-order valence-corrected chi connectivity index (χ4v) is 2.08. The lowest BCUT2D eigenvalue weighted by molar-refractivity contribution is -0.144. The zero-order valence-corrected chi connectivity index (χ0v) is 11.1. The van der Waals surface area contributed by atoms with Crippen LogP contribution >= 0.6 is 0 Å². The zero-order valence-electron chi connectivity index (χ0n) is 11.1. The van der Waals surface area contributed by atoms with Crippen LogP contribution in [0.1, 0.15) is 12.5 Å². The van der Waals surface area contributed by atoms with Crippen LogP contribution in [0.3, 0.4) is 0 Å². The highest BCUT2D eigenvalue weighted by Gasteiger charge is 2.33. The molecule has 0 spiro atoms. The van der Waals surface area contributed by atoms with Crippen molar-refractivity contribution < 1.29 is 22.7 Å². The maximum atomic E-state index is 13.1. The van der Waals surface area contributed by atoms with E-state index in [-0.39, 0.29) is 17.5 Å². The van der Waals surface area contributed by atoms with E-state index in [0.29, 0.717) is 0 Å². The molecule has 0 radical (unpaired) electrons. The van der Waals surface area contributed by atoms with Crippen molar-refractivity contribution >= 4 is 16.9 Å². The Kier molecular flexibility index (Phi) is 4.02. The SMILES string of the molecule is CCOC(=O)Cn1ccc(=O)c2cccc(C(F)(F)F)c21. The second kappa shape index (κ2) is 5.59. The lowest BCUT2D eigenvalue weighted by atomic mass is 10.1. The van der Waals surface area contributed by atoms with Crippen LogP contribution in [0.4, 0.5) is 13.2 Å². The van der Waals surface area contributed by atoms with Gasteiger partial charge in [0, 0.05) is 17.6 Å². The van der Waals surface area contributed by atoms with Gasteiger partial charge in [0.2, 0.25) is 0 Å². The first-order chi connectivity index (χ1) is 9.84. The Bertz CT molecular complexity index is 734. The van der Waals surface area contributed by atoms with E-state index in [1.807, 2.05) is 0 Å².